The number of rotatable bonds is 10. The molecule has 240 valence electrons. The molecule has 15 nitrogen and oxygen atoms in total. The maximum atomic E-state index is 13.3. The molecule has 2 aliphatic heterocycles. The zero-order chi connectivity index (χ0) is 33.5. The maximum absolute atomic E-state index is 13.3. The van der Waals surface area contributed by atoms with Gasteiger partial charge in [0.15, 0.2) is 41.3 Å². The second-order valence-electron chi connectivity index (χ2n) is 10.6. The predicted molar refractivity (Wildman–Crippen MR) is 166 cm³/mol. The Hall–Kier alpha value is -4.87. The lowest BCUT2D eigenvalue weighted by Gasteiger charge is -2.49. The SMILES string of the molecule is CC(C)(ON=C(C(=O)N[C@@H]1C(=O)N2C(C(=O)O)=C(C[n+]3ccc(-c4ccc(O)c(O)c4Cl)cc3)CS[C@H]12)c1csc(N)n1)C(=O)O. The first-order valence-electron chi connectivity index (χ1n) is 13.3. The number of carbonyl (C=O) groups is 4. The van der Waals surface area contributed by atoms with Gasteiger partial charge in [-0.15, -0.1) is 23.1 Å². The number of nitrogen functional groups attached to an aromatic ring is 1. The van der Waals surface area contributed by atoms with E-state index in [0.717, 1.165) is 16.2 Å². The van der Waals surface area contributed by atoms with Gasteiger partial charge in [-0.1, -0.05) is 16.8 Å². The average molecular weight is 690 g/mol. The highest BCUT2D eigenvalue weighted by atomic mass is 35.5. The van der Waals surface area contributed by atoms with Crippen LogP contribution in [0.4, 0.5) is 5.13 Å². The molecule has 4 heterocycles. The molecule has 1 saturated heterocycles. The summed E-state index contributed by atoms with van der Waals surface area (Å²) in [4.78, 5) is 60.6. The van der Waals surface area contributed by atoms with E-state index < -0.39 is 52.2 Å². The third-order valence-corrected chi connectivity index (χ3v) is 9.46. The van der Waals surface area contributed by atoms with E-state index in [4.69, 9.17) is 22.2 Å². The molecule has 0 radical (unpaired) electrons. The number of phenolic OH excluding ortho intramolecular Hbond substituents is 2. The van der Waals surface area contributed by atoms with Gasteiger partial charge in [-0.05, 0) is 31.5 Å². The van der Waals surface area contributed by atoms with Gasteiger partial charge in [0.25, 0.3) is 11.8 Å². The number of β-lactam (4-membered cyclic amide) rings is 1. The van der Waals surface area contributed by atoms with E-state index in [-0.39, 0.29) is 39.6 Å². The molecule has 0 saturated carbocycles. The van der Waals surface area contributed by atoms with Gasteiger partial charge in [0.2, 0.25) is 5.60 Å². The van der Waals surface area contributed by atoms with Gasteiger partial charge in [0.05, 0.1) is 5.02 Å². The van der Waals surface area contributed by atoms with Gasteiger partial charge >= 0.3 is 11.9 Å². The molecular formula is C28H26ClN6O9S2+. The first kappa shape index (κ1) is 32.5. The number of thiazole rings is 1. The van der Waals surface area contributed by atoms with E-state index in [1.165, 1.54) is 37.1 Å². The van der Waals surface area contributed by atoms with Crippen LogP contribution < -0.4 is 15.6 Å². The molecule has 2 atom stereocenters. The number of pyridine rings is 1. The summed E-state index contributed by atoms with van der Waals surface area (Å²) in [6.07, 6.45) is 3.36. The molecule has 1 aromatic carbocycles. The molecule has 0 aliphatic carbocycles. The van der Waals surface area contributed by atoms with Crippen molar-refractivity contribution in [1.82, 2.24) is 15.2 Å². The number of nitrogens with zero attached hydrogens (tertiary/aromatic N) is 4. The van der Waals surface area contributed by atoms with Crippen LogP contribution in [0.15, 0.2) is 58.5 Å². The molecular weight excluding hydrogens is 664 g/mol. The smallest absolute Gasteiger partial charge is 0.352 e. The topological polar surface area (TPSA) is 229 Å². The molecule has 0 unspecified atom stereocenters. The van der Waals surface area contributed by atoms with E-state index in [0.29, 0.717) is 16.7 Å². The van der Waals surface area contributed by atoms with Crippen molar-refractivity contribution in [1.29, 1.82) is 0 Å². The Bertz CT molecular complexity index is 1830. The van der Waals surface area contributed by atoms with Crippen molar-refractivity contribution in [3.05, 3.63) is 64.0 Å². The molecule has 18 heteroatoms. The highest BCUT2D eigenvalue weighted by molar-refractivity contribution is 8.00. The van der Waals surface area contributed by atoms with Gasteiger partial charge in [-0.2, -0.15) is 0 Å². The summed E-state index contributed by atoms with van der Waals surface area (Å²) in [5.41, 5.74) is 4.87. The van der Waals surface area contributed by atoms with Crippen molar-refractivity contribution >= 4 is 69.3 Å². The Morgan fingerprint density at radius 2 is 1.91 bits per heavy atom. The van der Waals surface area contributed by atoms with Crippen molar-refractivity contribution in [2.45, 2.75) is 37.4 Å². The van der Waals surface area contributed by atoms with E-state index >= 15 is 0 Å². The molecule has 7 N–H and O–H groups in total. The number of oxime groups is 1. The number of anilines is 1. The number of carbonyl (C=O) groups excluding carboxylic acids is 2. The van der Waals surface area contributed by atoms with Crippen LogP contribution in [-0.2, 0) is 30.6 Å². The van der Waals surface area contributed by atoms with E-state index in [9.17, 15) is 39.6 Å². The Labute approximate surface area is 273 Å². The molecule has 46 heavy (non-hydrogen) atoms. The highest BCUT2D eigenvalue weighted by Gasteiger charge is 2.55. The normalized spacial score (nSPS) is 18.1. The summed E-state index contributed by atoms with van der Waals surface area (Å²) >= 11 is 8.44. The van der Waals surface area contributed by atoms with Crippen LogP contribution in [0, 0.1) is 0 Å². The molecule has 1 fully saturated rings. The molecule has 5 rings (SSSR count). The average Bonchev–Trinajstić information content (AvgIpc) is 3.44. The first-order chi connectivity index (χ1) is 21.7. The van der Waals surface area contributed by atoms with E-state index in [1.807, 2.05) is 0 Å². The number of nitrogens with one attached hydrogen (secondary N) is 1. The number of phenols is 2. The van der Waals surface area contributed by atoms with Gasteiger partial charge in [-0.3, -0.25) is 14.5 Å². The second kappa shape index (κ2) is 12.5. The van der Waals surface area contributed by atoms with Crippen LogP contribution in [0.5, 0.6) is 11.5 Å². The fraction of sp³-hybridized carbons (Fsp3) is 0.250. The lowest BCUT2D eigenvalue weighted by molar-refractivity contribution is -0.689. The fourth-order valence-electron chi connectivity index (χ4n) is 4.55. The van der Waals surface area contributed by atoms with Gasteiger partial charge in [0.1, 0.15) is 22.8 Å². The molecule has 0 spiro atoms. The minimum absolute atomic E-state index is 0.00190. The molecule has 2 amide bonds. The quantitative estimate of drug-likeness (QED) is 0.0588. The molecule has 2 aliphatic rings. The van der Waals surface area contributed by atoms with Crippen molar-refractivity contribution in [3.63, 3.8) is 0 Å². The van der Waals surface area contributed by atoms with Crippen molar-refractivity contribution in [3.8, 4) is 22.6 Å². The number of halogens is 1. The Morgan fingerprint density at radius 3 is 2.52 bits per heavy atom. The number of fused-ring (bicyclic) bond motifs is 1. The largest absolute Gasteiger partial charge is 0.504 e. The second-order valence-corrected chi connectivity index (χ2v) is 13.0. The minimum Gasteiger partial charge on any atom is -0.504 e. The summed E-state index contributed by atoms with van der Waals surface area (Å²) in [7, 11) is 0. The lowest BCUT2D eigenvalue weighted by atomic mass is 10.0. The molecule has 3 aromatic rings. The number of aromatic hydroxyl groups is 2. The number of carboxylic acids is 2. The summed E-state index contributed by atoms with van der Waals surface area (Å²) in [6, 6.07) is 5.16. The Balaban J connectivity index is 1.34. The monoisotopic (exact) mass is 689 g/mol. The van der Waals surface area contributed by atoms with Crippen molar-refractivity contribution in [2.24, 2.45) is 5.16 Å². The summed E-state index contributed by atoms with van der Waals surface area (Å²) in [6.45, 7) is 2.60. The van der Waals surface area contributed by atoms with Crippen LogP contribution in [0.3, 0.4) is 0 Å². The third kappa shape index (κ3) is 6.16. The van der Waals surface area contributed by atoms with Crippen LogP contribution >= 0.6 is 34.7 Å². The molecule has 0 bridgehead atoms. The number of hydrogen-bond acceptors (Lipinski definition) is 12. The predicted octanol–water partition coefficient (Wildman–Crippen LogP) is 1.77. The van der Waals surface area contributed by atoms with Crippen molar-refractivity contribution in [2.75, 3.05) is 11.5 Å². The lowest BCUT2D eigenvalue weighted by Crippen LogP contribution is -2.71. The highest BCUT2D eigenvalue weighted by Crippen LogP contribution is 2.41. The first-order valence-corrected chi connectivity index (χ1v) is 15.6. The fourth-order valence-corrected chi connectivity index (χ4v) is 6.71. The number of amides is 2. The maximum Gasteiger partial charge on any atom is 0.352 e. The number of aliphatic carboxylic acids is 2. The standard InChI is InChI=1S/C28H25ClN6O9S2/c1-28(2,26(42)43)44-33-18(15-11-46-27(30)31-15)22(38)32-19-23(39)35-20(25(40)41)13(10-45-24(19)35)9-34-7-5-12(6-8-34)14-3-4-16(36)21(37)17(14)29/h3-8,11,19,24H,9-10H2,1-2H3,(H6,30,31,32,37,38,40,41,42,43)/p+1/t19-,24-/m1/s1. The third-order valence-electron chi connectivity index (χ3n) is 7.07. The number of thioether (sulfide) groups is 1. The number of nitrogens with two attached hydrogens (primary N) is 1. The number of hydrogen-bond donors (Lipinski definition) is 6. The van der Waals surface area contributed by atoms with E-state index in [1.54, 1.807) is 35.2 Å². The summed E-state index contributed by atoms with van der Waals surface area (Å²) in [5, 5.41) is 46.1. The van der Waals surface area contributed by atoms with Crippen molar-refractivity contribution < 1.29 is 49.0 Å². The van der Waals surface area contributed by atoms with Crippen LogP contribution in [0.25, 0.3) is 11.1 Å². The van der Waals surface area contributed by atoms with Crippen LogP contribution in [0.2, 0.25) is 5.02 Å². The zero-order valence-corrected chi connectivity index (χ0v) is 26.4. The minimum atomic E-state index is -1.78. The number of carboxylic acid groups (broad SMARTS) is 2. The zero-order valence-electron chi connectivity index (χ0n) is 24.0. The number of benzene rings is 1. The van der Waals surface area contributed by atoms with Gasteiger partial charge in [0, 0.05) is 34.4 Å². The van der Waals surface area contributed by atoms with Crippen LogP contribution in [0.1, 0.15) is 19.5 Å². The summed E-state index contributed by atoms with van der Waals surface area (Å²) in [5.74, 6) is -4.77. The Morgan fingerprint density at radius 1 is 1.22 bits per heavy atom. The summed E-state index contributed by atoms with van der Waals surface area (Å²) < 4.78 is 1.71. The van der Waals surface area contributed by atoms with Crippen LogP contribution in [-0.4, -0.2) is 82.5 Å². The van der Waals surface area contributed by atoms with Gasteiger partial charge < -0.3 is 36.3 Å². The van der Waals surface area contributed by atoms with Gasteiger partial charge in [-0.25, -0.2) is 19.1 Å². The Kier molecular flexibility index (Phi) is 8.83. The number of aromatic nitrogens is 2. The molecule has 2 aromatic heterocycles. The van der Waals surface area contributed by atoms with E-state index in [2.05, 4.69) is 15.5 Å².